The van der Waals surface area contributed by atoms with Crippen molar-refractivity contribution in [2.75, 3.05) is 18.4 Å². The van der Waals surface area contributed by atoms with Gasteiger partial charge in [0.15, 0.2) is 0 Å². The maximum Gasteiger partial charge on any atom is 0.230 e. The fraction of sp³-hybridized carbons (Fsp3) is 0.611. The molecule has 1 aromatic rings. The number of anilines is 1. The van der Waals surface area contributed by atoms with Crippen LogP contribution in [0.4, 0.5) is 5.69 Å². The van der Waals surface area contributed by atoms with E-state index in [0.717, 1.165) is 50.9 Å². The molecule has 0 unspecified atom stereocenters. The zero-order chi connectivity index (χ0) is 14.7. The topological polar surface area (TPSA) is 41.1 Å². The van der Waals surface area contributed by atoms with E-state index in [-0.39, 0.29) is 11.3 Å². The van der Waals surface area contributed by atoms with E-state index in [1.807, 2.05) is 0 Å². The molecule has 3 rings (SSSR count). The standard InChI is InChI=1S/C18H26N2O/c1-2-18(10-12-19-13-11-18)17(21)20-16-9-5-7-14-6-3-4-8-15(14)16/h5,7,9,19H,2-4,6,8,10-13H2,1H3,(H,20,21). The van der Waals surface area contributed by atoms with Crippen molar-refractivity contribution in [3.05, 3.63) is 29.3 Å². The quantitative estimate of drug-likeness (QED) is 0.895. The van der Waals surface area contributed by atoms with Gasteiger partial charge in [0.2, 0.25) is 5.91 Å². The number of fused-ring (bicyclic) bond motifs is 1. The predicted octanol–water partition coefficient (Wildman–Crippen LogP) is 3.28. The van der Waals surface area contributed by atoms with Crippen molar-refractivity contribution < 1.29 is 4.79 Å². The lowest BCUT2D eigenvalue weighted by Crippen LogP contribution is -2.44. The third-order valence-corrected chi connectivity index (χ3v) is 5.36. The van der Waals surface area contributed by atoms with E-state index >= 15 is 0 Å². The number of hydrogen-bond donors (Lipinski definition) is 2. The van der Waals surface area contributed by atoms with E-state index in [1.165, 1.54) is 24.0 Å². The summed E-state index contributed by atoms with van der Waals surface area (Å²) >= 11 is 0. The van der Waals surface area contributed by atoms with Crippen LogP contribution in [-0.4, -0.2) is 19.0 Å². The monoisotopic (exact) mass is 286 g/mol. The fourth-order valence-electron chi connectivity index (χ4n) is 3.80. The Balaban J connectivity index is 1.81. The maximum atomic E-state index is 12.9. The van der Waals surface area contributed by atoms with Crippen LogP contribution >= 0.6 is 0 Å². The van der Waals surface area contributed by atoms with E-state index in [9.17, 15) is 4.79 Å². The van der Waals surface area contributed by atoms with Gasteiger partial charge in [-0.05, 0) is 75.2 Å². The van der Waals surface area contributed by atoms with Crippen LogP contribution in [0.15, 0.2) is 18.2 Å². The second-order valence-electron chi connectivity index (χ2n) is 6.49. The minimum atomic E-state index is -0.178. The Morgan fingerprint density at radius 3 is 2.76 bits per heavy atom. The average Bonchev–Trinajstić information content (AvgIpc) is 2.56. The largest absolute Gasteiger partial charge is 0.325 e. The molecule has 21 heavy (non-hydrogen) atoms. The van der Waals surface area contributed by atoms with Crippen LogP contribution in [0.1, 0.15) is 50.2 Å². The van der Waals surface area contributed by atoms with E-state index < -0.39 is 0 Å². The number of carbonyl (C=O) groups is 1. The summed E-state index contributed by atoms with van der Waals surface area (Å²) in [5.74, 6) is 0.227. The van der Waals surface area contributed by atoms with E-state index in [2.05, 4.69) is 35.8 Å². The van der Waals surface area contributed by atoms with Crippen LogP contribution < -0.4 is 10.6 Å². The van der Waals surface area contributed by atoms with Crippen molar-refractivity contribution in [2.45, 2.75) is 51.9 Å². The zero-order valence-corrected chi connectivity index (χ0v) is 13.0. The first-order chi connectivity index (χ1) is 10.2. The van der Waals surface area contributed by atoms with Crippen molar-refractivity contribution >= 4 is 11.6 Å². The molecule has 1 heterocycles. The molecule has 3 heteroatoms. The van der Waals surface area contributed by atoms with Gasteiger partial charge in [-0.3, -0.25) is 4.79 Å². The summed E-state index contributed by atoms with van der Waals surface area (Å²) < 4.78 is 0. The first-order valence-corrected chi connectivity index (χ1v) is 8.38. The van der Waals surface area contributed by atoms with Gasteiger partial charge in [0.05, 0.1) is 5.41 Å². The maximum absolute atomic E-state index is 12.9. The first-order valence-electron chi connectivity index (χ1n) is 8.38. The third kappa shape index (κ3) is 2.84. The van der Waals surface area contributed by atoms with Gasteiger partial charge in [-0.15, -0.1) is 0 Å². The minimum Gasteiger partial charge on any atom is -0.325 e. The number of benzene rings is 1. The smallest absolute Gasteiger partial charge is 0.230 e. The molecular weight excluding hydrogens is 260 g/mol. The molecule has 0 bridgehead atoms. The molecule has 0 saturated carbocycles. The summed E-state index contributed by atoms with van der Waals surface area (Å²) in [5.41, 5.74) is 3.68. The minimum absolute atomic E-state index is 0.178. The van der Waals surface area contributed by atoms with E-state index in [0.29, 0.717) is 0 Å². The Bertz CT molecular complexity index is 518. The molecule has 1 saturated heterocycles. The van der Waals surface area contributed by atoms with Gasteiger partial charge in [0.25, 0.3) is 0 Å². The molecule has 0 radical (unpaired) electrons. The van der Waals surface area contributed by atoms with Gasteiger partial charge in [0.1, 0.15) is 0 Å². The number of amides is 1. The number of hydrogen-bond acceptors (Lipinski definition) is 2. The highest BCUT2D eigenvalue weighted by Crippen LogP contribution is 2.35. The lowest BCUT2D eigenvalue weighted by atomic mass is 9.75. The second-order valence-corrected chi connectivity index (χ2v) is 6.49. The molecule has 1 fully saturated rings. The summed E-state index contributed by atoms with van der Waals surface area (Å²) in [6, 6.07) is 6.37. The highest BCUT2D eigenvalue weighted by molar-refractivity contribution is 5.96. The molecule has 1 aliphatic heterocycles. The van der Waals surface area contributed by atoms with Crippen molar-refractivity contribution in [3.63, 3.8) is 0 Å². The number of nitrogens with one attached hydrogen (secondary N) is 2. The fourth-order valence-corrected chi connectivity index (χ4v) is 3.80. The molecule has 0 spiro atoms. The van der Waals surface area contributed by atoms with E-state index in [4.69, 9.17) is 0 Å². The Labute approximate surface area is 127 Å². The molecule has 2 N–H and O–H groups in total. The second kappa shape index (κ2) is 6.18. The van der Waals surface area contributed by atoms with Crippen LogP contribution in [0.25, 0.3) is 0 Å². The van der Waals surface area contributed by atoms with Gasteiger partial charge < -0.3 is 10.6 Å². The molecule has 2 aliphatic rings. The number of aryl methyl sites for hydroxylation is 1. The first kappa shape index (κ1) is 14.6. The third-order valence-electron chi connectivity index (χ3n) is 5.36. The number of piperidine rings is 1. The van der Waals surface area contributed by atoms with Crippen LogP contribution in [0.5, 0.6) is 0 Å². The van der Waals surface area contributed by atoms with Gasteiger partial charge in [-0.25, -0.2) is 0 Å². The molecule has 1 aromatic carbocycles. The number of carbonyl (C=O) groups excluding carboxylic acids is 1. The molecular formula is C18H26N2O. The van der Waals surface area contributed by atoms with Crippen molar-refractivity contribution in [1.82, 2.24) is 5.32 Å². The highest BCUT2D eigenvalue weighted by atomic mass is 16.2. The lowest BCUT2D eigenvalue weighted by Gasteiger charge is -2.35. The van der Waals surface area contributed by atoms with Crippen LogP contribution in [-0.2, 0) is 17.6 Å². The Hall–Kier alpha value is -1.35. The van der Waals surface area contributed by atoms with Gasteiger partial charge in [-0.2, -0.15) is 0 Å². The molecule has 1 amide bonds. The Morgan fingerprint density at radius 2 is 2.00 bits per heavy atom. The van der Waals surface area contributed by atoms with E-state index in [1.54, 1.807) is 0 Å². The van der Waals surface area contributed by atoms with Crippen molar-refractivity contribution in [3.8, 4) is 0 Å². The van der Waals surface area contributed by atoms with Gasteiger partial charge in [0, 0.05) is 5.69 Å². The summed E-state index contributed by atoms with van der Waals surface area (Å²) in [7, 11) is 0. The van der Waals surface area contributed by atoms with Crippen LogP contribution in [0.3, 0.4) is 0 Å². The summed E-state index contributed by atoms with van der Waals surface area (Å²) in [4.78, 5) is 12.9. The molecule has 1 aliphatic carbocycles. The Morgan fingerprint density at radius 1 is 1.24 bits per heavy atom. The summed E-state index contributed by atoms with van der Waals surface area (Å²) in [6.45, 7) is 4.05. The normalized spacial score (nSPS) is 20.6. The summed E-state index contributed by atoms with van der Waals surface area (Å²) in [5, 5.41) is 6.63. The summed E-state index contributed by atoms with van der Waals surface area (Å²) in [6.07, 6.45) is 7.59. The van der Waals surface area contributed by atoms with Crippen molar-refractivity contribution in [1.29, 1.82) is 0 Å². The number of rotatable bonds is 3. The predicted molar refractivity (Wildman–Crippen MR) is 86.5 cm³/mol. The Kier molecular flexibility index (Phi) is 4.29. The highest BCUT2D eigenvalue weighted by Gasteiger charge is 2.38. The molecule has 3 nitrogen and oxygen atoms in total. The van der Waals surface area contributed by atoms with Crippen LogP contribution in [0.2, 0.25) is 0 Å². The zero-order valence-electron chi connectivity index (χ0n) is 13.0. The SMILES string of the molecule is CCC1(C(=O)Nc2cccc3c2CCCC3)CCNCC1. The molecule has 0 atom stereocenters. The van der Waals surface area contributed by atoms with Gasteiger partial charge >= 0.3 is 0 Å². The van der Waals surface area contributed by atoms with Crippen molar-refractivity contribution in [2.24, 2.45) is 5.41 Å². The molecule has 0 aromatic heterocycles. The molecule has 114 valence electrons. The average molecular weight is 286 g/mol. The van der Waals surface area contributed by atoms with Gasteiger partial charge in [-0.1, -0.05) is 19.1 Å². The van der Waals surface area contributed by atoms with Crippen LogP contribution in [0, 0.1) is 5.41 Å². The lowest BCUT2D eigenvalue weighted by molar-refractivity contribution is -0.127.